The SMILES string of the molecule is Cc1c(COc2cc(O)c(CO)cc2Cl)cccc1-c1cccc(OCCCN2CCCCC2)c1Cl. The summed E-state index contributed by atoms with van der Waals surface area (Å²) < 4.78 is 12.0. The number of hydrogen-bond acceptors (Lipinski definition) is 5. The molecular formula is C29H33Cl2NO4. The largest absolute Gasteiger partial charge is 0.507 e. The van der Waals surface area contributed by atoms with Crippen molar-refractivity contribution >= 4 is 23.2 Å². The second kappa shape index (κ2) is 12.7. The second-order valence-electron chi connectivity index (χ2n) is 9.17. The molecule has 0 radical (unpaired) electrons. The summed E-state index contributed by atoms with van der Waals surface area (Å²) >= 11 is 13.1. The number of nitrogens with zero attached hydrogens (tertiary/aromatic N) is 1. The molecular weight excluding hydrogens is 497 g/mol. The molecule has 1 saturated heterocycles. The maximum absolute atomic E-state index is 10.0. The third-order valence-corrected chi connectivity index (χ3v) is 7.40. The monoisotopic (exact) mass is 529 g/mol. The van der Waals surface area contributed by atoms with Crippen LogP contribution in [0.25, 0.3) is 11.1 Å². The molecule has 0 saturated carbocycles. The van der Waals surface area contributed by atoms with E-state index in [4.69, 9.17) is 32.7 Å². The molecule has 7 heteroatoms. The van der Waals surface area contributed by atoms with Crippen molar-refractivity contribution < 1.29 is 19.7 Å². The second-order valence-corrected chi connectivity index (χ2v) is 9.96. The van der Waals surface area contributed by atoms with Crippen molar-refractivity contribution in [2.24, 2.45) is 0 Å². The minimum Gasteiger partial charge on any atom is -0.507 e. The Kier molecular flexibility index (Phi) is 9.38. The van der Waals surface area contributed by atoms with Crippen molar-refractivity contribution in [3.63, 3.8) is 0 Å². The van der Waals surface area contributed by atoms with Gasteiger partial charge in [0.15, 0.2) is 0 Å². The van der Waals surface area contributed by atoms with Crippen LogP contribution in [-0.4, -0.2) is 41.4 Å². The number of hydrogen-bond donors (Lipinski definition) is 2. The number of benzene rings is 3. The Bertz CT molecular complexity index is 1180. The summed E-state index contributed by atoms with van der Waals surface area (Å²) in [6.07, 6.45) is 4.91. The zero-order valence-electron chi connectivity index (χ0n) is 20.6. The van der Waals surface area contributed by atoms with Crippen molar-refractivity contribution in [3.05, 3.63) is 75.3 Å². The number of aliphatic hydroxyl groups is 1. The Labute approximate surface area is 223 Å². The quantitative estimate of drug-likeness (QED) is 0.277. The molecule has 192 valence electrons. The van der Waals surface area contributed by atoms with Crippen LogP contribution in [0.1, 0.15) is 42.4 Å². The van der Waals surface area contributed by atoms with E-state index in [0.717, 1.165) is 35.2 Å². The minimum atomic E-state index is -0.297. The third-order valence-electron chi connectivity index (χ3n) is 6.71. The highest BCUT2D eigenvalue weighted by Crippen LogP contribution is 2.38. The molecule has 3 aromatic carbocycles. The van der Waals surface area contributed by atoms with Crippen molar-refractivity contribution in [3.8, 4) is 28.4 Å². The number of piperidine rings is 1. The first-order valence-electron chi connectivity index (χ1n) is 12.5. The zero-order valence-corrected chi connectivity index (χ0v) is 22.1. The smallest absolute Gasteiger partial charge is 0.142 e. The highest BCUT2D eigenvalue weighted by Gasteiger charge is 2.15. The summed E-state index contributed by atoms with van der Waals surface area (Å²) in [5.41, 5.74) is 4.28. The molecule has 0 atom stereocenters. The predicted octanol–water partition coefficient (Wildman–Crippen LogP) is 7.00. The molecule has 1 heterocycles. The topological polar surface area (TPSA) is 62.2 Å². The molecule has 0 aromatic heterocycles. The molecule has 5 nitrogen and oxygen atoms in total. The Morgan fingerprint density at radius 3 is 2.42 bits per heavy atom. The van der Waals surface area contributed by atoms with E-state index in [9.17, 15) is 10.2 Å². The lowest BCUT2D eigenvalue weighted by molar-refractivity contribution is 0.205. The van der Waals surface area contributed by atoms with Crippen LogP contribution in [-0.2, 0) is 13.2 Å². The molecule has 0 aliphatic carbocycles. The first-order valence-corrected chi connectivity index (χ1v) is 13.2. The first-order chi connectivity index (χ1) is 17.5. The molecule has 1 fully saturated rings. The summed E-state index contributed by atoms with van der Waals surface area (Å²) in [6, 6.07) is 14.8. The van der Waals surface area contributed by atoms with Gasteiger partial charge in [-0.15, -0.1) is 0 Å². The van der Waals surface area contributed by atoms with Gasteiger partial charge >= 0.3 is 0 Å². The van der Waals surface area contributed by atoms with Crippen molar-refractivity contribution in [1.29, 1.82) is 0 Å². The summed E-state index contributed by atoms with van der Waals surface area (Å²) in [4.78, 5) is 2.51. The number of ether oxygens (including phenoxy) is 2. The Morgan fingerprint density at radius 1 is 0.889 bits per heavy atom. The number of aromatic hydroxyl groups is 1. The molecule has 36 heavy (non-hydrogen) atoms. The molecule has 1 aliphatic heterocycles. The number of likely N-dealkylation sites (tertiary alicyclic amines) is 1. The third kappa shape index (κ3) is 6.46. The molecule has 0 spiro atoms. The van der Waals surface area contributed by atoms with E-state index in [-0.39, 0.29) is 19.0 Å². The lowest BCUT2D eigenvalue weighted by Crippen LogP contribution is -2.31. The van der Waals surface area contributed by atoms with Gasteiger partial charge < -0.3 is 24.6 Å². The number of phenols is 1. The standard InChI is InChI=1S/C29H33Cl2NO4/c1-20-21(19-36-28-17-26(34)22(18-33)16-25(28)30)8-5-9-23(20)24-10-6-11-27(29(24)31)35-15-7-14-32-12-3-2-4-13-32/h5-6,8-11,16-17,33-34H,2-4,7,12-15,18-19H2,1H3. The number of aliphatic hydroxyl groups excluding tert-OH is 1. The van der Waals surface area contributed by atoms with Crippen LogP contribution in [0.3, 0.4) is 0 Å². The molecule has 1 aliphatic rings. The van der Waals surface area contributed by atoms with Gasteiger partial charge in [0, 0.05) is 23.7 Å². The Hall–Kier alpha value is -2.44. The van der Waals surface area contributed by atoms with E-state index in [1.165, 1.54) is 44.5 Å². The normalized spacial score (nSPS) is 14.1. The van der Waals surface area contributed by atoms with Crippen molar-refractivity contribution in [2.45, 2.75) is 45.8 Å². The fourth-order valence-corrected chi connectivity index (χ4v) is 5.11. The van der Waals surface area contributed by atoms with Crippen LogP contribution in [0.15, 0.2) is 48.5 Å². The average Bonchev–Trinajstić information content (AvgIpc) is 2.89. The van der Waals surface area contributed by atoms with Gasteiger partial charge in [0.1, 0.15) is 23.9 Å². The molecule has 2 N–H and O–H groups in total. The number of halogens is 2. The van der Waals surface area contributed by atoms with Gasteiger partial charge in [0.05, 0.1) is 23.3 Å². The Balaban J connectivity index is 1.44. The van der Waals surface area contributed by atoms with Crippen molar-refractivity contribution in [2.75, 3.05) is 26.2 Å². The van der Waals surface area contributed by atoms with E-state index in [1.54, 1.807) is 0 Å². The lowest BCUT2D eigenvalue weighted by Gasteiger charge is -2.26. The molecule has 0 amide bonds. The van der Waals surface area contributed by atoms with Crippen molar-refractivity contribution in [1.82, 2.24) is 4.90 Å². The van der Waals surface area contributed by atoms with Gasteiger partial charge in [-0.3, -0.25) is 0 Å². The molecule has 0 bridgehead atoms. The van der Waals surface area contributed by atoms with Gasteiger partial charge in [-0.25, -0.2) is 0 Å². The van der Waals surface area contributed by atoms with Crippen LogP contribution in [0.2, 0.25) is 10.0 Å². The van der Waals surface area contributed by atoms with Gasteiger partial charge in [-0.05, 0) is 68.1 Å². The van der Waals surface area contributed by atoms with E-state index >= 15 is 0 Å². The lowest BCUT2D eigenvalue weighted by atomic mass is 9.96. The van der Waals surface area contributed by atoms with Gasteiger partial charge in [0.2, 0.25) is 0 Å². The summed E-state index contributed by atoms with van der Waals surface area (Å²) in [7, 11) is 0. The van der Waals surface area contributed by atoms with Gasteiger partial charge in [0.25, 0.3) is 0 Å². The van der Waals surface area contributed by atoms with E-state index < -0.39 is 0 Å². The van der Waals surface area contributed by atoms with Crippen LogP contribution in [0.5, 0.6) is 17.2 Å². The maximum atomic E-state index is 10.0. The highest BCUT2D eigenvalue weighted by molar-refractivity contribution is 6.34. The van der Waals surface area contributed by atoms with E-state index in [2.05, 4.69) is 4.90 Å². The van der Waals surface area contributed by atoms with Gasteiger partial charge in [-0.1, -0.05) is 60.0 Å². The van der Waals surface area contributed by atoms with E-state index in [1.807, 2.05) is 43.3 Å². The van der Waals surface area contributed by atoms with Crippen LogP contribution in [0, 0.1) is 6.92 Å². The predicted molar refractivity (Wildman–Crippen MR) is 145 cm³/mol. The van der Waals surface area contributed by atoms with Gasteiger partial charge in [-0.2, -0.15) is 0 Å². The fraction of sp³-hybridized carbons (Fsp3) is 0.379. The minimum absolute atomic E-state index is 0.0538. The first kappa shape index (κ1) is 26.6. The van der Waals surface area contributed by atoms with Crippen LogP contribution in [0.4, 0.5) is 0 Å². The van der Waals surface area contributed by atoms with Crippen LogP contribution < -0.4 is 9.47 Å². The average molecular weight is 530 g/mol. The summed E-state index contributed by atoms with van der Waals surface area (Å²) in [5.74, 6) is 0.996. The number of rotatable bonds is 10. The summed E-state index contributed by atoms with van der Waals surface area (Å²) in [6.45, 7) is 6.08. The molecule has 4 rings (SSSR count). The summed E-state index contributed by atoms with van der Waals surface area (Å²) in [5, 5.41) is 20.3. The maximum Gasteiger partial charge on any atom is 0.142 e. The molecule has 3 aromatic rings. The Morgan fingerprint density at radius 2 is 1.64 bits per heavy atom. The molecule has 0 unspecified atom stereocenters. The van der Waals surface area contributed by atoms with Crippen LogP contribution >= 0.6 is 23.2 Å². The highest BCUT2D eigenvalue weighted by atomic mass is 35.5. The van der Waals surface area contributed by atoms with E-state index in [0.29, 0.717) is 33.7 Å². The fourth-order valence-electron chi connectivity index (χ4n) is 4.59. The zero-order chi connectivity index (χ0) is 25.5.